The number of aryl methyl sites for hydroxylation is 1. The van der Waals surface area contributed by atoms with E-state index in [-0.39, 0.29) is 11.9 Å². The van der Waals surface area contributed by atoms with Crippen molar-refractivity contribution in [3.8, 4) is 0 Å². The van der Waals surface area contributed by atoms with Crippen LogP contribution in [0.4, 0.5) is 5.82 Å². The molecule has 3 heterocycles. The van der Waals surface area contributed by atoms with Gasteiger partial charge in [0.1, 0.15) is 10.7 Å². The number of aromatic nitrogens is 2. The first-order valence-electron chi connectivity index (χ1n) is 10.5. The number of carbonyl (C=O) groups is 2. The lowest BCUT2D eigenvalue weighted by Crippen LogP contribution is -2.35. The maximum Gasteiger partial charge on any atom is 0.339 e. The number of thiazole rings is 1. The summed E-state index contributed by atoms with van der Waals surface area (Å²) in [5, 5.41) is 1.04. The van der Waals surface area contributed by atoms with Crippen molar-refractivity contribution in [3.63, 3.8) is 0 Å². The number of amides is 1. The average molecular weight is 431 g/mol. The number of ether oxygens (including phenoxy) is 1. The highest BCUT2D eigenvalue weighted by Crippen LogP contribution is 2.23. The summed E-state index contributed by atoms with van der Waals surface area (Å²) in [6.45, 7) is 11.2. The fourth-order valence-corrected chi connectivity index (χ4v) is 4.73. The van der Waals surface area contributed by atoms with E-state index in [1.54, 1.807) is 19.2 Å². The van der Waals surface area contributed by atoms with Crippen LogP contribution in [0.15, 0.2) is 18.3 Å². The van der Waals surface area contributed by atoms with E-state index in [1.165, 1.54) is 11.3 Å². The van der Waals surface area contributed by atoms with E-state index in [1.807, 2.05) is 17.9 Å². The van der Waals surface area contributed by atoms with Gasteiger partial charge in [0.15, 0.2) is 0 Å². The molecular weight excluding hydrogens is 400 g/mol. The van der Waals surface area contributed by atoms with E-state index in [2.05, 4.69) is 28.7 Å². The average Bonchev–Trinajstić information content (AvgIpc) is 2.92. The van der Waals surface area contributed by atoms with Crippen LogP contribution in [0.2, 0.25) is 0 Å². The molecule has 2 aromatic rings. The molecule has 0 spiro atoms. The van der Waals surface area contributed by atoms with Crippen molar-refractivity contribution in [1.82, 2.24) is 14.9 Å². The molecule has 0 radical (unpaired) electrons. The van der Waals surface area contributed by atoms with Gasteiger partial charge in [-0.15, -0.1) is 11.3 Å². The molecule has 0 N–H and O–H groups in total. The first kappa shape index (κ1) is 22.2. The Balaban J connectivity index is 1.64. The van der Waals surface area contributed by atoms with Gasteiger partial charge in [0.2, 0.25) is 0 Å². The van der Waals surface area contributed by atoms with Crippen LogP contribution < -0.4 is 4.90 Å². The molecule has 1 amide bonds. The highest BCUT2D eigenvalue weighted by atomic mass is 32.1. The largest absolute Gasteiger partial charge is 0.462 e. The van der Waals surface area contributed by atoms with E-state index >= 15 is 0 Å². The molecule has 7 nitrogen and oxygen atoms in total. The minimum Gasteiger partial charge on any atom is -0.462 e. The molecule has 8 heteroatoms. The van der Waals surface area contributed by atoms with Crippen LogP contribution in [0.25, 0.3) is 0 Å². The summed E-state index contributed by atoms with van der Waals surface area (Å²) in [7, 11) is 0. The van der Waals surface area contributed by atoms with Crippen LogP contribution in [-0.2, 0) is 11.2 Å². The summed E-state index contributed by atoms with van der Waals surface area (Å²) in [6.07, 6.45) is 3.32. The van der Waals surface area contributed by atoms with Crippen molar-refractivity contribution in [3.05, 3.63) is 39.5 Å². The zero-order valence-corrected chi connectivity index (χ0v) is 19.0. The second kappa shape index (κ2) is 10.0. The van der Waals surface area contributed by atoms with Crippen molar-refractivity contribution in [2.45, 2.75) is 40.5 Å². The minimum absolute atomic E-state index is 0.0764. The quantitative estimate of drug-likeness (QED) is 0.652. The summed E-state index contributed by atoms with van der Waals surface area (Å²) in [5.41, 5.74) is 1.28. The second-order valence-corrected chi connectivity index (χ2v) is 8.96. The van der Waals surface area contributed by atoms with Gasteiger partial charge < -0.3 is 14.5 Å². The maximum absolute atomic E-state index is 13.1. The molecule has 3 rings (SSSR count). The Morgan fingerprint density at radius 2 is 2.00 bits per heavy atom. The van der Waals surface area contributed by atoms with E-state index in [0.717, 1.165) is 40.8 Å². The first-order chi connectivity index (χ1) is 14.4. The molecule has 0 aromatic carbocycles. The Bertz CT molecular complexity index is 879. The topological polar surface area (TPSA) is 75.6 Å². The van der Waals surface area contributed by atoms with Gasteiger partial charge in [0.05, 0.1) is 22.9 Å². The predicted molar refractivity (Wildman–Crippen MR) is 118 cm³/mol. The SMILES string of the molecule is CCOC(=O)c1ccc(N2CCCN(C(=O)c3sc(CC(C)C)nc3C)CC2)nc1. The molecule has 30 heavy (non-hydrogen) atoms. The van der Waals surface area contributed by atoms with Gasteiger partial charge in [-0.1, -0.05) is 13.8 Å². The Kier molecular flexibility index (Phi) is 7.42. The third kappa shape index (κ3) is 5.36. The summed E-state index contributed by atoms with van der Waals surface area (Å²) in [5.74, 6) is 1.05. The monoisotopic (exact) mass is 430 g/mol. The van der Waals surface area contributed by atoms with Gasteiger partial charge in [-0.2, -0.15) is 0 Å². The van der Waals surface area contributed by atoms with Crippen molar-refractivity contribution >= 4 is 29.0 Å². The lowest BCUT2D eigenvalue weighted by molar-refractivity contribution is 0.0525. The molecule has 0 atom stereocenters. The molecule has 1 saturated heterocycles. The van der Waals surface area contributed by atoms with E-state index < -0.39 is 0 Å². The number of esters is 1. The van der Waals surface area contributed by atoms with Crippen LogP contribution in [0.1, 0.15) is 57.9 Å². The van der Waals surface area contributed by atoms with Crippen molar-refractivity contribution in [1.29, 1.82) is 0 Å². The molecule has 0 unspecified atom stereocenters. The Morgan fingerprint density at radius 1 is 1.20 bits per heavy atom. The molecule has 1 aliphatic heterocycles. The molecule has 1 fully saturated rings. The Hall–Kier alpha value is -2.48. The lowest BCUT2D eigenvalue weighted by Gasteiger charge is -2.22. The standard InChI is InChI=1S/C22H30N4O3S/c1-5-29-22(28)17-7-8-18(23-14-17)25-9-6-10-26(12-11-25)21(27)20-16(4)24-19(30-20)13-15(2)3/h7-8,14-15H,5-6,9-13H2,1-4H3. The van der Waals surface area contributed by atoms with E-state index in [0.29, 0.717) is 37.7 Å². The fraction of sp³-hybridized carbons (Fsp3) is 0.545. The molecule has 0 aliphatic carbocycles. The molecule has 162 valence electrons. The van der Waals surface area contributed by atoms with Gasteiger partial charge in [0.25, 0.3) is 5.91 Å². The number of carbonyl (C=O) groups excluding carboxylic acids is 2. The summed E-state index contributed by atoms with van der Waals surface area (Å²) >= 11 is 1.53. The number of nitrogens with zero attached hydrogens (tertiary/aromatic N) is 4. The molecular formula is C22H30N4O3S. The van der Waals surface area contributed by atoms with Gasteiger partial charge in [-0.25, -0.2) is 14.8 Å². The minimum atomic E-state index is -0.360. The molecule has 2 aromatic heterocycles. The van der Waals surface area contributed by atoms with Gasteiger partial charge in [-0.05, 0) is 38.3 Å². The van der Waals surface area contributed by atoms with Gasteiger partial charge in [-0.3, -0.25) is 4.79 Å². The highest BCUT2D eigenvalue weighted by molar-refractivity contribution is 7.13. The van der Waals surface area contributed by atoms with Crippen LogP contribution in [0, 0.1) is 12.8 Å². The van der Waals surface area contributed by atoms with Gasteiger partial charge >= 0.3 is 5.97 Å². The zero-order chi connectivity index (χ0) is 21.7. The number of hydrogen-bond acceptors (Lipinski definition) is 7. The number of anilines is 1. The lowest BCUT2D eigenvalue weighted by atomic mass is 10.1. The zero-order valence-electron chi connectivity index (χ0n) is 18.2. The maximum atomic E-state index is 13.1. The summed E-state index contributed by atoms with van der Waals surface area (Å²) in [6, 6.07) is 3.58. The fourth-order valence-electron chi connectivity index (χ4n) is 3.49. The number of hydrogen-bond donors (Lipinski definition) is 0. The van der Waals surface area contributed by atoms with Crippen LogP contribution in [0.3, 0.4) is 0 Å². The predicted octanol–water partition coefficient (Wildman–Crippen LogP) is 3.57. The highest BCUT2D eigenvalue weighted by Gasteiger charge is 2.24. The smallest absolute Gasteiger partial charge is 0.339 e. The van der Waals surface area contributed by atoms with Crippen LogP contribution in [0.5, 0.6) is 0 Å². The van der Waals surface area contributed by atoms with E-state index in [4.69, 9.17) is 4.74 Å². The van der Waals surface area contributed by atoms with Crippen molar-refractivity contribution in [2.24, 2.45) is 5.92 Å². The second-order valence-electron chi connectivity index (χ2n) is 7.88. The number of pyridine rings is 1. The third-order valence-electron chi connectivity index (χ3n) is 4.98. The van der Waals surface area contributed by atoms with Gasteiger partial charge in [0, 0.05) is 38.8 Å². The number of rotatable bonds is 6. The Labute approximate surface area is 182 Å². The van der Waals surface area contributed by atoms with Crippen LogP contribution >= 0.6 is 11.3 Å². The summed E-state index contributed by atoms with van der Waals surface area (Å²) < 4.78 is 5.01. The normalized spacial score (nSPS) is 14.7. The molecule has 0 saturated carbocycles. The third-order valence-corrected chi connectivity index (χ3v) is 6.15. The Morgan fingerprint density at radius 3 is 2.67 bits per heavy atom. The van der Waals surface area contributed by atoms with Crippen molar-refractivity contribution < 1.29 is 14.3 Å². The summed E-state index contributed by atoms with van der Waals surface area (Å²) in [4.78, 5) is 38.8. The van der Waals surface area contributed by atoms with Crippen molar-refractivity contribution in [2.75, 3.05) is 37.7 Å². The van der Waals surface area contributed by atoms with E-state index in [9.17, 15) is 9.59 Å². The first-order valence-corrected chi connectivity index (χ1v) is 11.3. The molecule has 0 bridgehead atoms. The van der Waals surface area contributed by atoms with Crippen LogP contribution in [-0.4, -0.2) is 59.5 Å². The molecule has 1 aliphatic rings.